The van der Waals surface area contributed by atoms with Gasteiger partial charge in [-0.15, -0.1) is 0 Å². The highest BCUT2D eigenvalue weighted by molar-refractivity contribution is 5.86. The molecular formula is C8H16N2O3. The van der Waals surface area contributed by atoms with E-state index < -0.39 is 12.1 Å². The van der Waals surface area contributed by atoms with Crippen molar-refractivity contribution in [2.45, 2.75) is 32.9 Å². The average molecular weight is 188 g/mol. The molecule has 3 N–H and O–H groups in total. The summed E-state index contributed by atoms with van der Waals surface area (Å²) in [4.78, 5) is 21.7. The highest BCUT2D eigenvalue weighted by Gasteiger charge is 2.12. The Morgan fingerprint density at radius 3 is 2.31 bits per heavy atom. The first-order chi connectivity index (χ1) is 5.93. The largest absolute Gasteiger partial charge is 0.392 e. The second kappa shape index (κ2) is 5.53. The minimum Gasteiger partial charge on any atom is -0.392 e. The fourth-order valence-corrected chi connectivity index (χ4v) is 0.772. The summed E-state index contributed by atoms with van der Waals surface area (Å²) >= 11 is 0. The Hall–Kier alpha value is -1.10. The SMILES string of the molecule is CC(=O)NC(C)C(=O)NCC(C)O. The molecule has 5 nitrogen and oxygen atoms in total. The van der Waals surface area contributed by atoms with Crippen molar-refractivity contribution in [3.8, 4) is 0 Å². The molecule has 0 bridgehead atoms. The summed E-state index contributed by atoms with van der Waals surface area (Å²) in [5, 5.41) is 13.8. The van der Waals surface area contributed by atoms with Gasteiger partial charge in [0.1, 0.15) is 6.04 Å². The van der Waals surface area contributed by atoms with Gasteiger partial charge in [0.05, 0.1) is 6.10 Å². The van der Waals surface area contributed by atoms with Gasteiger partial charge in [-0.2, -0.15) is 0 Å². The number of hydrogen-bond donors (Lipinski definition) is 3. The van der Waals surface area contributed by atoms with Crippen LogP contribution in [0.3, 0.4) is 0 Å². The summed E-state index contributed by atoms with van der Waals surface area (Å²) in [6, 6.07) is -0.559. The first-order valence-corrected chi connectivity index (χ1v) is 4.16. The predicted octanol–water partition coefficient (Wildman–Crippen LogP) is -0.992. The van der Waals surface area contributed by atoms with Crippen LogP contribution in [0.1, 0.15) is 20.8 Å². The lowest BCUT2D eigenvalue weighted by Crippen LogP contribution is -2.45. The fraction of sp³-hybridized carbons (Fsp3) is 0.750. The number of rotatable bonds is 4. The van der Waals surface area contributed by atoms with Crippen molar-refractivity contribution < 1.29 is 14.7 Å². The van der Waals surface area contributed by atoms with E-state index in [2.05, 4.69) is 10.6 Å². The van der Waals surface area contributed by atoms with Crippen LogP contribution >= 0.6 is 0 Å². The summed E-state index contributed by atoms with van der Waals surface area (Å²) < 4.78 is 0. The summed E-state index contributed by atoms with van der Waals surface area (Å²) in [7, 11) is 0. The van der Waals surface area contributed by atoms with E-state index in [0.717, 1.165) is 0 Å². The molecule has 2 unspecified atom stereocenters. The summed E-state index contributed by atoms with van der Waals surface area (Å²) in [6.45, 7) is 4.70. The minimum absolute atomic E-state index is 0.197. The van der Waals surface area contributed by atoms with Gasteiger partial charge < -0.3 is 15.7 Å². The second-order valence-electron chi connectivity index (χ2n) is 3.02. The van der Waals surface area contributed by atoms with Crippen LogP contribution in [0.5, 0.6) is 0 Å². The van der Waals surface area contributed by atoms with Crippen LogP contribution in [0.25, 0.3) is 0 Å². The number of aliphatic hydroxyl groups excluding tert-OH is 1. The lowest BCUT2D eigenvalue weighted by atomic mass is 10.3. The van der Waals surface area contributed by atoms with Crippen LogP contribution in [-0.4, -0.2) is 35.6 Å². The molecule has 0 rings (SSSR count). The Balaban J connectivity index is 3.76. The molecule has 5 heteroatoms. The topological polar surface area (TPSA) is 78.4 Å². The zero-order valence-electron chi connectivity index (χ0n) is 8.13. The number of amides is 2. The van der Waals surface area contributed by atoms with Gasteiger partial charge in [-0.05, 0) is 13.8 Å². The molecule has 0 aromatic carbocycles. The van der Waals surface area contributed by atoms with Crippen molar-refractivity contribution in [1.29, 1.82) is 0 Å². The van der Waals surface area contributed by atoms with Crippen molar-refractivity contribution in [2.24, 2.45) is 0 Å². The third-order valence-electron chi connectivity index (χ3n) is 1.38. The van der Waals surface area contributed by atoms with Crippen LogP contribution in [0, 0.1) is 0 Å². The highest BCUT2D eigenvalue weighted by Crippen LogP contribution is 1.83. The van der Waals surface area contributed by atoms with E-state index in [1.54, 1.807) is 13.8 Å². The predicted molar refractivity (Wildman–Crippen MR) is 48.0 cm³/mol. The van der Waals surface area contributed by atoms with Gasteiger partial charge in [0.25, 0.3) is 0 Å². The smallest absolute Gasteiger partial charge is 0.242 e. The molecule has 2 amide bonds. The molecular weight excluding hydrogens is 172 g/mol. The monoisotopic (exact) mass is 188 g/mol. The molecule has 0 aliphatic rings. The fourth-order valence-electron chi connectivity index (χ4n) is 0.772. The van der Waals surface area contributed by atoms with Gasteiger partial charge in [0.15, 0.2) is 0 Å². The summed E-state index contributed by atoms with van der Waals surface area (Å²) in [5.74, 6) is -0.546. The quantitative estimate of drug-likeness (QED) is 0.530. The molecule has 13 heavy (non-hydrogen) atoms. The van der Waals surface area contributed by atoms with Crippen molar-refractivity contribution in [2.75, 3.05) is 6.54 Å². The molecule has 0 saturated carbocycles. The maximum Gasteiger partial charge on any atom is 0.242 e. The Morgan fingerprint density at radius 1 is 1.38 bits per heavy atom. The van der Waals surface area contributed by atoms with Crippen molar-refractivity contribution >= 4 is 11.8 Å². The van der Waals surface area contributed by atoms with E-state index >= 15 is 0 Å². The van der Waals surface area contributed by atoms with Crippen LogP contribution < -0.4 is 10.6 Å². The zero-order valence-corrected chi connectivity index (χ0v) is 8.13. The lowest BCUT2D eigenvalue weighted by molar-refractivity contribution is -0.127. The van der Waals surface area contributed by atoms with Gasteiger partial charge in [-0.3, -0.25) is 9.59 Å². The Bertz CT molecular complexity index is 192. The lowest BCUT2D eigenvalue weighted by Gasteiger charge is -2.13. The van der Waals surface area contributed by atoms with Crippen LogP contribution in [0.2, 0.25) is 0 Å². The van der Waals surface area contributed by atoms with Crippen molar-refractivity contribution in [1.82, 2.24) is 10.6 Å². The summed E-state index contributed by atoms with van der Waals surface area (Å²) in [5.41, 5.74) is 0. The molecule has 0 aliphatic heterocycles. The highest BCUT2D eigenvalue weighted by atomic mass is 16.3. The van der Waals surface area contributed by atoms with Gasteiger partial charge in [-0.1, -0.05) is 0 Å². The van der Waals surface area contributed by atoms with Gasteiger partial charge >= 0.3 is 0 Å². The average Bonchev–Trinajstić information content (AvgIpc) is 1.98. The molecule has 0 aliphatic carbocycles. The summed E-state index contributed by atoms with van der Waals surface area (Å²) in [6.07, 6.45) is -0.575. The number of aliphatic hydroxyl groups is 1. The molecule has 0 spiro atoms. The van der Waals surface area contributed by atoms with Gasteiger partial charge in [0.2, 0.25) is 11.8 Å². The third kappa shape index (κ3) is 6.10. The van der Waals surface area contributed by atoms with Crippen molar-refractivity contribution in [3.05, 3.63) is 0 Å². The van der Waals surface area contributed by atoms with E-state index in [0.29, 0.717) is 0 Å². The Morgan fingerprint density at radius 2 is 1.92 bits per heavy atom. The Labute approximate surface area is 77.5 Å². The molecule has 0 heterocycles. The van der Waals surface area contributed by atoms with E-state index in [-0.39, 0.29) is 18.4 Å². The van der Waals surface area contributed by atoms with Crippen LogP contribution in [0.4, 0.5) is 0 Å². The van der Waals surface area contributed by atoms with E-state index in [9.17, 15) is 9.59 Å². The maximum absolute atomic E-state index is 11.1. The molecule has 0 radical (unpaired) electrons. The van der Waals surface area contributed by atoms with Crippen LogP contribution in [-0.2, 0) is 9.59 Å². The molecule has 0 aromatic heterocycles. The minimum atomic E-state index is -0.575. The number of hydrogen-bond acceptors (Lipinski definition) is 3. The first kappa shape index (κ1) is 11.9. The van der Waals surface area contributed by atoms with Crippen LogP contribution in [0.15, 0.2) is 0 Å². The number of carbonyl (C=O) groups is 2. The maximum atomic E-state index is 11.1. The van der Waals surface area contributed by atoms with Crippen molar-refractivity contribution in [3.63, 3.8) is 0 Å². The Kier molecular flexibility index (Phi) is 5.06. The van der Waals surface area contributed by atoms with Gasteiger partial charge in [0, 0.05) is 13.5 Å². The number of carbonyl (C=O) groups excluding carboxylic acids is 2. The second-order valence-corrected chi connectivity index (χ2v) is 3.02. The normalized spacial score (nSPS) is 14.5. The van der Waals surface area contributed by atoms with E-state index in [1.807, 2.05) is 0 Å². The molecule has 0 saturated heterocycles. The first-order valence-electron chi connectivity index (χ1n) is 4.16. The van der Waals surface area contributed by atoms with E-state index in [4.69, 9.17) is 5.11 Å². The zero-order chi connectivity index (χ0) is 10.4. The standard InChI is InChI=1S/C8H16N2O3/c1-5(11)4-9-8(13)6(2)10-7(3)12/h5-6,11H,4H2,1-3H3,(H,9,13)(H,10,12). The third-order valence-corrected chi connectivity index (χ3v) is 1.38. The molecule has 76 valence electrons. The van der Waals surface area contributed by atoms with Gasteiger partial charge in [-0.25, -0.2) is 0 Å². The molecule has 0 fully saturated rings. The number of nitrogens with one attached hydrogen (secondary N) is 2. The molecule has 0 aromatic rings. The molecule has 2 atom stereocenters. The van der Waals surface area contributed by atoms with E-state index in [1.165, 1.54) is 6.92 Å².